The first kappa shape index (κ1) is 17.3. The highest BCUT2D eigenvalue weighted by molar-refractivity contribution is 6.30. The van der Waals surface area contributed by atoms with Crippen molar-refractivity contribution in [2.24, 2.45) is 0 Å². The van der Waals surface area contributed by atoms with Crippen LogP contribution in [0.15, 0.2) is 72.9 Å². The van der Waals surface area contributed by atoms with Crippen molar-refractivity contribution in [3.63, 3.8) is 0 Å². The number of halogens is 1. The fourth-order valence-corrected chi connectivity index (χ4v) is 3.27. The van der Waals surface area contributed by atoms with Crippen LogP contribution < -0.4 is 5.32 Å². The van der Waals surface area contributed by atoms with E-state index in [1.54, 1.807) is 6.20 Å². The molecule has 0 saturated heterocycles. The summed E-state index contributed by atoms with van der Waals surface area (Å²) in [7, 11) is 0. The number of nitrogens with one attached hydrogen (secondary N) is 1. The highest BCUT2D eigenvalue weighted by Crippen LogP contribution is 2.36. The summed E-state index contributed by atoms with van der Waals surface area (Å²) in [5.74, 6) is 0.892. The molecule has 2 aromatic heterocycles. The Labute approximate surface area is 162 Å². The molecule has 0 bridgehead atoms. The number of anilines is 1. The number of benzene rings is 2. The van der Waals surface area contributed by atoms with Gasteiger partial charge in [-0.1, -0.05) is 48.0 Å². The van der Waals surface area contributed by atoms with Gasteiger partial charge in [-0.25, -0.2) is 4.98 Å². The van der Waals surface area contributed by atoms with E-state index in [0.29, 0.717) is 10.5 Å². The van der Waals surface area contributed by atoms with E-state index in [1.165, 1.54) is 0 Å². The molecule has 134 valence electrons. The number of hydrogen-bond acceptors (Lipinski definition) is 4. The van der Waals surface area contributed by atoms with Gasteiger partial charge in [-0.05, 0) is 42.8 Å². The molecule has 0 aliphatic rings. The van der Waals surface area contributed by atoms with E-state index in [9.17, 15) is 5.11 Å². The topological polar surface area (TPSA) is 58.0 Å². The molecule has 0 amide bonds. The van der Waals surface area contributed by atoms with Crippen molar-refractivity contribution in [1.82, 2.24) is 9.97 Å². The van der Waals surface area contributed by atoms with Crippen LogP contribution in [-0.2, 0) is 0 Å². The maximum absolute atomic E-state index is 10.9. The van der Waals surface area contributed by atoms with Crippen molar-refractivity contribution in [2.45, 2.75) is 13.0 Å². The summed E-state index contributed by atoms with van der Waals surface area (Å²) < 4.78 is 0. The molecule has 2 aromatic carbocycles. The van der Waals surface area contributed by atoms with Crippen LogP contribution in [0, 0.1) is 6.92 Å². The molecule has 27 heavy (non-hydrogen) atoms. The number of nitrogens with zero attached hydrogens (tertiary/aromatic N) is 2. The highest BCUT2D eigenvalue weighted by atomic mass is 35.5. The summed E-state index contributed by atoms with van der Waals surface area (Å²) in [5.41, 5.74) is 3.19. The largest absolute Gasteiger partial charge is 0.505 e. The summed E-state index contributed by atoms with van der Waals surface area (Å²) >= 11 is 6.06. The molecule has 4 nitrogen and oxygen atoms in total. The van der Waals surface area contributed by atoms with E-state index in [-0.39, 0.29) is 11.8 Å². The molecule has 2 N–H and O–H groups in total. The summed E-state index contributed by atoms with van der Waals surface area (Å²) in [5, 5.41) is 15.9. The number of fused-ring (bicyclic) bond motifs is 1. The average molecular weight is 376 g/mol. The fourth-order valence-electron chi connectivity index (χ4n) is 3.15. The Kier molecular flexibility index (Phi) is 4.65. The number of rotatable bonds is 4. The molecule has 5 heteroatoms. The predicted octanol–water partition coefficient (Wildman–Crippen LogP) is 5.50. The van der Waals surface area contributed by atoms with Gasteiger partial charge in [-0.15, -0.1) is 0 Å². The van der Waals surface area contributed by atoms with Crippen molar-refractivity contribution < 1.29 is 5.11 Å². The molecule has 0 aliphatic carbocycles. The van der Waals surface area contributed by atoms with Crippen molar-refractivity contribution in [2.75, 3.05) is 5.32 Å². The quantitative estimate of drug-likeness (QED) is 0.494. The van der Waals surface area contributed by atoms with Crippen LogP contribution in [0.4, 0.5) is 5.82 Å². The Bertz CT molecular complexity index is 1100. The lowest BCUT2D eigenvalue weighted by Gasteiger charge is -2.22. The van der Waals surface area contributed by atoms with Crippen LogP contribution >= 0.6 is 11.6 Å². The van der Waals surface area contributed by atoms with Crippen molar-refractivity contribution in [1.29, 1.82) is 0 Å². The Hall–Kier alpha value is -3.11. The maximum atomic E-state index is 10.9. The van der Waals surface area contributed by atoms with Crippen LogP contribution in [0.3, 0.4) is 0 Å². The van der Waals surface area contributed by atoms with E-state index < -0.39 is 0 Å². The third-order valence-electron chi connectivity index (χ3n) is 4.47. The van der Waals surface area contributed by atoms with Gasteiger partial charge in [0, 0.05) is 27.9 Å². The molecule has 0 unspecified atom stereocenters. The Morgan fingerprint density at radius 2 is 1.78 bits per heavy atom. The van der Waals surface area contributed by atoms with Crippen LogP contribution in [0.2, 0.25) is 5.02 Å². The smallest absolute Gasteiger partial charge is 0.147 e. The fraction of sp³-hybridized carbons (Fsp3) is 0.0909. The van der Waals surface area contributed by atoms with Gasteiger partial charge in [0.05, 0.1) is 6.04 Å². The zero-order valence-electron chi connectivity index (χ0n) is 14.7. The van der Waals surface area contributed by atoms with Crippen molar-refractivity contribution >= 4 is 28.3 Å². The Morgan fingerprint density at radius 1 is 0.963 bits per heavy atom. The standard InChI is InChI=1S/C22H18ClN3O/c1-14-4-2-6-19(25-14)26-20(16-7-10-17(23)11-8-16)18-12-9-15-5-3-13-24-21(15)22(18)27/h2-13,20,27H,1H3,(H,25,26)/t20-/m0/s1. The van der Waals surface area contributed by atoms with E-state index in [2.05, 4.69) is 15.3 Å². The minimum Gasteiger partial charge on any atom is -0.505 e. The normalized spacial score (nSPS) is 12.1. The molecular formula is C22H18ClN3O. The lowest BCUT2D eigenvalue weighted by atomic mass is 9.96. The molecule has 4 rings (SSSR count). The monoisotopic (exact) mass is 375 g/mol. The highest BCUT2D eigenvalue weighted by Gasteiger charge is 2.20. The van der Waals surface area contributed by atoms with Gasteiger partial charge in [0.2, 0.25) is 0 Å². The minimum absolute atomic E-state index is 0.160. The third-order valence-corrected chi connectivity index (χ3v) is 4.73. The maximum Gasteiger partial charge on any atom is 0.147 e. The molecule has 0 aliphatic heterocycles. The number of pyridine rings is 2. The average Bonchev–Trinajstić information content (AvgIpc) is 2.68. The van der Waals surface area contributed by atoms with Crippen LogP contribution in [0.25, 0.3) is 10.9 Å². The second kappa shape index (κ2) is 7.25. The van der Waals surface area contributed by atoms with Gasteiger partial charge >= 0.3 is 0 Å². The van der Waals surface area contributed by atoms with Gasteiger partial charge < -0.3 is 10.4 Å². The second-order valence-corrected chi connectivity index (χ2v) is 6.81. The van der Waals surface area contributed by atoms with E-state index in [0.717, 1.165) is 28.0 Å². The summed E-state index contributed by atoms with van der Waals surface area (Å²) in [6.45, 7) is 1.94. The van der Waals surface area contributed by atoms with E-state index in [1.807, 2.05) is 73.7 Å². The molecular weight excluding hydrogens is 358 g/mol. The number of aryl methyl sites for hydroxylation is 1. The van der Waals surface area contributed by atoms with Gasteiger partial charge in [0.25, 0.3) is 0 Å². The second-order valence-electron chi connectivity index (χ2n) is 6.37. The van der Waals surface area contributed by atoms with Crippen molar-refractivity contribution in [3.05, 3.63) is 94.8 Å². The first-order chi connectivity index (χ1) is 13.1. The number of aromatic nitrogens is 2. The molecule has 0 spiro atoms. The summed E-state index contributed by atoms with van der Waals surface area (Å²) in [6.07, 6.45) is 1.68. The predicted molar refractivity (Wildman–Crippen MR) is 109 cm³/mol. The molecule has 2 heterocycles. The van der Waals surface area contributed by atoms with Gasteiger partial charge in [-0.3, -0.25) is 4.98 Å². The van der Waals surface area contributed by atoms with E-state index in [4.69, 9.17) is 11.6 Å². The first-order valence-corrected chi connectivity index (χ1v) is 9.02. The number of hydrogen-bond donors (Lipinski definition) is 2. The molecule has 0 saturated carbocycles. The minimum atomic E-state index is -0.303. The van der Waals surface area contributed by atoms with Crippen LogP contribution in [0.1, 0.15) is 22.9 Å². The summed E-state index contributed by atoms with van der Waals surface area (Å²) in [4.78, 5) is 8.88. The SMILES string of the molecule is Cc1cccc(N[C@@H](c2ccc(Cl)cc2)c2ccc3cccnc3c2O)n1. The zero-order valence-corrected chi connectivity index (χ0v) is 15.5. The van der Waals surface area contributed by atoms with Gasteiger partial charge in [0.1, 0.15) is 17.1 Å². The Balaban J connectivity index is 1.84. The lowest BCUT2D eigenvalue weighted by Crippen LogP contribution is -2.14. The number of phenols is 1. The van der Waals surface area contributed by atoms with Gasteiger partial charge in [0.15, 0.2) is 0 Å². The molecule has 0 radical (unpaired) electrons. The van der Waals surface area contributed by atoms with E-state index >= 15 is 0 Å². The first-order valence-electron chi connectivity index (χ1n) is 8.64. The summed E-state index contributed by atoms with van der Waals surface area (Å²) in [6, 6.07) is 20.7. The zero-order chi connectivity index (χ0) is 18.8. The van der Waals surface area contributed by atoms with Crippen LogP contribution in [0.5, 0.6) is 5.75 Å². The van der Waals surface area contributed by atoms with Crippen molar-refractivity contribution in [3.8, 4) is 5.75 Å². The molecule has 1 atom stereocenters. The van der Waals surface area contributed by atoms with Gasteiger partial charge in [-0.2, -0.15) is 0 Å². The number of phenolic OH excluding ortho intramolecular Hbond substituents is 1. The third kappa shape index (κ3) is 3.57. The van der Waals surface area contributed by atoms with Crippen LogP contribution in [-0.4, -0.2) is 15.1 Å². The molecule has 0 fully saturated rings. The Morgan fingerprint density at radius 3 is 2.56 bits per heavy atom. The molecule has 4 aromatic rings. The number of aromatic hydroxyl groups is 1. The lowest BCUT2D eigenvalue weighted by molar-refractivity contribution is 0.471.